The van der Waals surface area contributed by atoms with Crippen LogP contribution >= 0.6 is 0 Å². The number of nitrogens with zero attached hydrogens (tertiary/aromatic N) is 1. The number of hydrogen-bond donors (Lipinski definition) is 5. The van der Waals surface area contributed by atoms with E-state index in [2.05, 4.69) is 10.3 Å². The Balaban J connectivity index is 0.00000115. The molecule has 1 fully saturated rings. The van der Waals surface area contributed by atoms with Crippen LogP contribution in [-0.2, 0) is 22.4 Å². The van der Waals surface area contributed by atoms with Gasteiger partial charge in [-0.3, -0.25) is 14.6 Å². The molecule has 0 bridgehead atoms. The van der Waals surface area contributed by atoms with Crippen LogP contribution in [0.4, 0.5) is 10.1 Å². The fraction of sp³-hybridized carbons (Fsp3) is 0.308. The lowest BCUT2D eigenvalue weighted by atomic mass is 9.77. The van der Waals surface area contributed by atoms with Crippen molar-refractivity contribution in [2.45, 2.75) is 37.6 Å². The van der Waals surface area contributed by atoms with Gasteiger partial charge in [0.1, 0.15) is 11.6 Å². The maximum atomic E-state index is 14.4. The van der Waals surface area contributed by atoms with Gasteiger partial charge in [-0.2, -0.15) is 0 Å². The van der Waals surface area contributed by atoms with Gasteiger partial charge in [0.05, 0.1) is 23.4 Å². The van der Waals surface area contributed by atoms with E-state index in [1.165, 1.54) is 24.3 Å². The summed E-state index contributed by atoms with van der Waals surface area (Å²) in [5, 5.41) is 29.9. The molecule has 0 spiro atoms. The number of aliphatic imine (C=N–C) groups is 1. The molecule has 2 aromatic rings. The smallest absolute Gasteiger partial charge is 0.335 e. The van der Waals surface area contributed by atoms with E-state index < -0.39 is 17.3 Å². The molecule has 0 radical (unpaired) electrons. The van der Waals surface area contributed by atoms with Crippen LogP contribution in [0.5, 0.6) is 0 Å². The number of halogens is 1. The number of fused-ring (bicyclic) bond motifs is 1. The summed E-state index contributed by atoms with van der Waals surface area (Å²) in [5.41, 5.74) is 8.53. The molecule has 0 aromatic heterocycles. The molecule has 0 saturated heterocycles. The number of allylic oxidation sites excluding steroid dienone is 2. The number of carboxylic acid groups (broad SMARTS) is 2. The molecule has 36 heavy (non-hydrogen) atoms. The van der Waals surface area contributed by atoms with Crippen LogP contribution in [0, 0.1) is 5.82 Å². The molecular weight excluding hydrogens is 469 g/mol. The zero-order valence-electron chi connectivity index (χ0n) is 19.8. The molecule has 2 aromatic carbocycles. The van der Waals surface area contributed by atoms with E-state index in [1.807, 2.05) is 0 Å². The van der Waals surface area contributed by atoms with Crippen LogP contribution in [0.15, 0.2) is 52.7 Å². The average Bonchev–Trinajstić information content (AvgIpc) is 2.81. The van der Waals surface area contributed by atoms with E-state index in [1.54, 1.807) is 19.2 Å². The molecule has 2 aliphatic rings. The van der Waals surface area contributed by atoms with Crippen molar-refractivity contribution in [1.82, 2.24) is 0 Å². The molecule has 0 aliphatic heterocycles. The lowest BCUT2D eigenvalue weighted by Crippen LogP contribution is -2.49. The molecule has 10 heteroatoms. The number of carbonyl (C=O) groups is 3. The van der Waals surface area contributed by atoms with Crippen molar-refractivity contribution in [3.05, 3.63) is 75.8 Å². The second-order valence-corrected chi connectivity index (χ2v) is 8.82. The van der Waals surface area contributed by atoms with Crippen molar-refractivity contribution >= 4 is 29.6 Å². The zero-order chi connectivity index (χ0) is 26.5. The number of benzene rings is 2. The highest BCUT2D eigenvalue weighted by molar-refractivity contribution is 6.32. The van der Waals surface area contributed by atoms with Gasteiger partial charge in [-0.05, 0) is 54.7 Å². The van der Waals surface area contributed by atoms with Crippen molar-refractivity contribution in [2.75, 3.05) is 18.9 Å². The zero-order valence-corrected chi connectivity index (χ0v) is 19.8. The first-order chi connectivity index (χ1) is 17.1. The van der Waals surface area contributed by atoms with E-state index in [-0.39, 0.29) is 54.2 Å². The molecule has 9 nitrogen and oxygen atoms in total. The second-order valence-electron chi connectivity index (χ2n) is 8.82. The Morgan fingerprint density at radius 3 is 2.39 bits per heavy atom. The largest absolute Gasteiger partial charge is 0.511 e. The number of aromatic carboxylic acids is 1. The van der Waals surface area contributed by atoms with Crippen molar-refractivity contribution < 1.29 is 34.1 Å². The van der Waals surface area contributed by atoms with Crippen LogP contribution in [0.3, 0.4) is 0 Å². The molecule has 0 unspecified atom stereocenters. The van der Waals surface area contributed by atoms with Gasteiger partial charge in [-0.1, -0.05) is 12.1 Å². The molecule has 0 heterocycles. The Kier molecular flexibility index (Phi) is 8.21. The van der Waals surface area contributed by atoms with Crippen molar-refractivity contribution in [3.8, 4) is 0 Å². The van der Waals surface area contributed by atoms with Gasteiger partial charge in [0.25, 0.3) is 6.47 Å². The van der Waals surface area contributed by atoms with E-state index in [4.69, 9.17) is 20.7 Å². The Morgan fingerprint density at radius 1 is 1.22 bits per heavy atom. The highest BCUT2D eigenvalue weighted by Crippen LogP contribution is 2.34. The van der Waals surface area contributed by atoms with Crippen molar-refractivity contribution in [1.29, 1.82) is 0 Å². The van der Waals surface area contributed by atoms with Gasteiger partial charge < -0.3 is 26.4 Å². The summed E-state index contributed by atoms with van der Waals surface area (Å²) in [6, 6.07) is 8.71. The molecule has 0 amide bonds. The van der Waals surface area contributed by atoms with E-state index in [9.17, 15) is 19.1 Å². The van der Waals surface area contributed by atoms with Crippen LogP contribution in [-0.4, -0.2) is 58.4 Å². The molecule has 1 saturated carbocycles. The number of nitrogens with one attached hydrogen (secondary N) is 1. The number of anilines is 1. The summed E-state index contributed by atoms with van der Waals surface area (Å²) in [7, 11) is 1.66. The Bertz CT molecular complexity index is 1230. The predicted octanol–water partition coefficient (Wildman–Crippen LogP) is 3.12. The first kappa shape index (κ1) is 26.6. The third kappa shape index (κ3) is 5.77. The SMILES string of the molecule is CNc1cc(F)cc2c1CC(=O)C(=C(O)Cc1ccc(C(=O)O)cc1)C2=NCC1(N)CCC1.O=CO. The summed E-state index contributed by atoms with van der Waals surface area (Å²) >= 11 is 0. The molecular formula is C26H28FN3O6. The standard InChI is InChI=1S/C25H26FN3O4.CH2O2/c1-28-19-11-16(26)10-18-17(19)12-21(31)22(23(18)29-13-25(27)7-2-8-25)20(30)9-14-3-5-15(6-4-14)24(32)33;2-1-3/h3-6,10-11,28,30H,2,7-9,12-13,27H2,1H3,(H,32,33);1H,(H,2,3). The third-order valence-electron chi connectivity index (χ3n) is 6.35. The first-order valence-corrected chi connectivity index (χ1v) is 11.3. The van der Waals surface area contributed by atoms with Crippen molar-refractivity contribution in [2.24, 2.45) is 10.7 Å². The first-order valence-electron chi connectivity index (χ1n) is 11.3. The summed E-state index contributed by atoms with van der Waals surface area (Å²) < 4.78 is 14.4. The van der Waals surface area contributed by atoms with Gasteiger partial charge in [0.2, 0.25) is 0 Å². The normalized spacial score (nSPS) is 18.3. The minimum atomic E-state index is -1.05. The fourth-order valence-corrected chi connectivity index (χ4v) is 4.31. The minimum absolute atomic E-state index is 0.00405. The third-order valence-corrected chi connectivity index (χ3v) is 6.35. The average molecular weight is 498 g/mol. The van der Waals surface area contributed by atoms with Gasteiger partial charge in [-0.15, -0.1) is 0 Å². The van der Waals surface area contributed by atoms with Crippen LogP contribution in [0.25, 0.3) is 0 Å². The number of Topliss-reactive ketones (excluding diaryl/α,β-unsaturated/α-hetero) is 1. The van der Waals surface area contributed by atoms with Gasteiger partial charge in [0.15, 0.2) is 5.78 Å². The van der Waals surface area contributed by atoms with Crippen LogP contribution in [0.1, 0.15) is 46.3 Å². The monoisotopic (exact) mass is 497 g/mol. The number of rotatable bonds is 6. The van der Waals surface area contributed by atoms with E-state index in [0.717, 1.165) is 19.3 Å². The summed E-state index contributed by atoms with van der Waals surface area (Å²) in [4.78, 5) is 37.3. The fourth-order valence-electron chi connectivity index (χ4n) is 4.31. The number of aliphatic hydroxyl groups is 1. The molecule has 0 atom stereocenters. The maximum absolute atomic E-state index is 14.4. The van der Waals surface area contributed by atoms with Gasteiger partial charge in [0, 0.05) is 36.7 Å². The highest BCUT2D eigenvalue weighted by Gasteiger charge is 2.35. The van der Waals surface area contributed by atoms with Gasteiger partial charge in [-0.25, -0.2) is 9.18 Å². The Hall–Kier alpha value is -4.05. The second kappa shape index (κ2) is 11.1. The molecule has 6 N–H and O–H groups in total. The van der Waals surface area contributed by atoms with E-state index >= 15 is 0 Å². The number of nitrogens with two attached hydrogens (primary N) is 1. The lowest BCUT2D eigenvalue weighted by Gasteiger charge is -2.37. The highest BCUT2D eigenvalue weighted by atomic mass is 19.1. The summed E-state index contributed by atoms with van der Waals surface area (Å²) in [6.07, 6.45) is 2.65. The number of carboxylic acids is 1. The Morgan fingerprint density at radius 2 is 1.86 bits per heavy atom. The number of ketones is 1. The number of aliphatic hydroxyl groups excluding tert-OH is 1. The Labute approximate surface area is 207 Å². The minimum Gasteiger partial charge on any atom is -0.511 e. The topological polar surface area (TPSA) is 162 Å². The quantitative estimate of drug-likeness (QED) is 0.231. The van der Waals surface area contributed by atoms with E-state index in [0.29, 0.717) is 22.4 Å². The van der Waals surface area contributed by atoms with Gasteiger partial charge >= 0.3 is 5.97 Å². The predicted molar refractivity (Wildman–Crippen MR) is 132 cm³/mol. The number of carbonyl (C=O) groups excluding carboxylic acids is 1. The maximum Gasteiger partial charge on any atom is 0.335 e. The van der Waals surface area contributed by atoms with Crippen LogP contribution < -0.4 is 11.1 Å². The summed E-state index contributed by atoms with van der Waals surface area (Å²) in [6.45, 7) is 0.0184. The number of hydrogen-bond acceptors (Lipinski definition) is 7. The molecule has 2 aliphatic carbocycles. The lowest BCUT2D eigenvalue weighted by molar-refractivity contribution is -0.123. The van der Waals surface area contributed by atoms with Crippen molar-refractivity contribution in [3.63, 3.8) is 0 Å². The summed E-state index contributed by atoms with van der Waals surface area (Å²) in [5.74, 6) is -2.04. The molecule has 190 valence electrons. The molecule has 4 rings (SSSR count). The van der Waals surface area contributed by atoms with Crippen LogP contribution in [0.2, 0.25) is 0 Å².